The summed E-state index contributed by atoms with van der Waals surface area (Å²) in [6.07, 6.45) is 6.14. The van der Waals surface area contributed by atoms with Gasteiger partial charge >= 0.3 is 0 Å². The Morgan fingerprint density at radius 2 is 1.97 bits per heavy atom. The topological polar surface area (TPSA) is 81.9 Å². The summed E-state index contributed by atoms with van der Waals surface area (Å²) in [5, 5.41) is 4.55. The lowest BCUT2D eigenvalue weighted by Gasteiger charge is -2.41. The molecular weight excluding hydrogens is 402 g/mol. The number of carbonyl (C=O) groups excluding carboxylic acids is 2. The zero-order valence-electron chi connectivity index (χ0n) is 20.4. The maximum absolute atomic E-state index is 13.3. The van der Waals surface area contributed by atoms with Gasteiger partial charge in [-0.3, -0.25) is 9.59 Å². The molecule has 0 spiro atoms. The van der Waals surface area contributed by atoms with Gasteiger partial charge in [0.2, 0.25) is 5.91 Å². The van der Waals surface area contributed by atoms with Gasteiger partial charge in [-0.25, -0.2) is 5.84 Å². The first-order chi connectivity index (χ1) is 15.2. The molecule has 2 rings (SSSR count). The first kappa shape index (κ1) is 25.9. The maximum Gasteiger partial charge on any atom is 0.271 e. The van der Waals surface area contributed by atoms with Crippen LogP contribution in [0.25, 0.3) is 0 Å². The van der Waals surface area contributed by atoms with Crippen LogP contribution < -0.4 is 11.2 Å². The number of unbranched alkanes of at least 4 members (excludes halogenated alkanes) is 2. The fraction of sp³-hybridized carbons (Fsp3) is 0.600. The van der Waals surface area contributed by atoms with E-state index in [2.05, 4.69) is 50.4 Å². The van der Waals surface area contributed by atoms with Crippen molar-refractivity contribution in [2.75, 3.05) is 40.3 Å². The number of nitrogens with one attached hydrogen (secondary N) is 1. The van der Waals surface area contributed by atoms with Crippen molar-refractivity contribution >= 4 is 11.8 Å². The van der Waals surface area contributed by atoms with Crippen molar-refractivity contribution in [3.05, 3.63) is 47.2 Å². The lowest BCUT2D eigenvalue weighted by Crippen LogP contribution is -2.58. The second-order valence-corrected chi connectivity index (χ2v) is 9.15. The van der Waals surface area contributed by atoms with E-state index < -0.39 is 0 Å². The first-order valence-electron chi connectivity index (χ1n) is 11.8. The van der Waals surface area contributed by atoms with Crippen LogP contribution in [0.3, 0.4) is 0 Å². The molecule has 0 radical (unpaired) electrons. The SMILES string of the molecule is CCCCCC1CN(CC(=O)NCCN(C)C)C(=O)/C(=C/C(C)c2ccc(C)cc2)N1N. The van der Waals surface area contributed by atoms with E-state index in [4.69, 9.17) is 5.84 Å². The molecule has 0 aliphatic carbocycles. The average Bonchev–Trinajstić information content (AvgIpc) is 2.74. The van der Waals surface area contributed by atoms with Crippen LogP contribution in [0, 0.1) is 6.92 Å². The third kappa shape index (κ3) is 7.64. The molecule has 1 fully saturated rings. The van der Waals surface area contributed by atoms with Crippen molar-refractivity contribution in [1.29, 1.82) is 0 Å². The van der Waals surface area contributed by atoms with Gasteiger partial charge in [0.05, 0.1) is 12.6 Å². The van der Waals surface area contributed by atoms with Gasteiger partial charge in [0.1, 0.15) is 5.70 Å². The van der Waals surface area contributed by atoms with Crippen molar-refractivity contribution in [2.24, 2.45) is 5.84 Å². The Bertz CT molecular complexity index is 775. The summed E-state index contributed by atoms with van der Waals surface area (Å²) < 4.78 is 0. The first-order valence-corrected chi connectivity index (χ1v) is 11.8. The van der Waals surface area contributed by atoms with Crippen LogP contribution in [0.4, 0.5) is 0 Å². The fourth-order valence-corrected chi connectivity index (χ4v) is 3.90. The largest absolute Gasteiger partial charge is 0.353 e. The second kappa shape index (κ2) is 12.6. The van der Waals surface area contributed by atoms with Crippen LogP contribution in [0.1, 0.15) is 56.6 Å². The molecule has 1 aromatic carbocycles. The van der Waals surface area contributed by atoms with E-state index in [0.29, 0.717) is 18.8 Å². The third-order valence-electron chi connectivity index (χ3n) is 5.98. The minimum absolute atomic E-state index is 0.00490. The summed E-state index contributed by atoms with van der Waals surface area (Å²) in [5.74, 6) is 6.18. The Labute approximate surface area is 193 Å². The zero-order valence-corrected chi connectivity index (χ0v) is 20.4. The minimum atomic E-state index is -0.180. The number of benzene rings is 1. The van der Waals surface area contributed by atoms with Gasteiger partial charge in [-0.15, -0.1) is 0 Å². The van der Waals surface area contributed by atoms with Gasteiger partial charge in [-0.05, 0) is 39.1 Å². The van der Waals surface area contributed by atoms with Crippen molar-refractivity contribution in [3.8, 4) is 0 Å². The van der Waals surface area contributed by atoms with Gasteiger partial charge < -0.3 is 20.1 Å². The van der Waals surface area contributed by atoms with Crippen molar-refractivity contribution in [1.82, 2.24) is 20.1 Å². The van der Waals surface area contributed by atoms with Crippen molar-refractivity contribution < 1.29 is 9.59 Å². The van der Waals surface area contributed by atoms with E-state index in [-0.39, 0.29) is 30.3 Å². The quantitative estimate of drug-likeness (QED) is 0.312. The van der Waals surface area contributed by atoms with Crippen molar-refractivity contribution in [3.63, 3.8) is 0 Å². The molecule has 2 atom stereocenters. The van der Waals surface area contributed by atoms with E-state index in [1.807, 2.05) is 25.1 Å². The molecule has 2 unspecified atom stereocenters. The summed E-state index contributed by atoms with van der Waals surface area (Å²) in [7, 11) is 3.92. The molecule has 7 heteroatoms. The Morgan fingerprint density at radius 3 is 2.59 bits per heavy atom. The highest BCUT2D eigenvalue weighted by atomic mass is 16.2. The van der Waals surface area contributed by atoms with E-state index in [1.54, 1.807) is 9.91 Å². The highest BCUT2D eigenvalue weighted by Gasteiger charge is 2.35. The summed E-state index contributed by atoms with van der Waals surface area (Å²) in [5.41, 5.74) is 2.81. The Hall–Kier alpha value is -2.38. The predicted octanol–water partition coefficient (Wildman–Crippen LogP) is 2.63. The van der Waals surface area contributed by atoms with Crippen LogP contribution in [-0.4, -0.2) is 72.9 Å². The number of aryl methyl sites for hydroxylation is 1. The molecule has 0 saturated carbocycles. The zero-order chi connectivity index (χ0) is 23.7. The van der Waals surface area contributed by atoms with Crippen LogP contribution in [0.15, 0.2) is 36.0 Å². The molecule has 1 aliphatic heterocycles. The number of piperazine rings is 1. The number of rotatable bonds is 11. The van der Waals surface area contributed by atoms with Crippen LogP contribution in [-0.2, 0) is 9.59 Å². The normalized spacial score (nSPS) is 19.0. The third-order valence-corrected chi connectivity index (χ3v) is 5.98. The van der Waals surface area contributed by atoms with Gasteiger partial charge in [-0.2, -0.15) is 0 Å². The molecule has 3 N–H and O–H groups in total. The molecule has 0 aromatic heterocycles. The molecule has 178 valence electrons. The Balaban J connectivity index is 2.18. The lowest BCUT2D eigenvalue weighted by atomic mass is 9.97. The number of allylic oxidation sites excluding steroid dienone is 1. The summed E-state index contributed by atoms with van der Waals surface area (Å²) >= 11 is 0. The van der Waals surface area contributed by atoms with E-state index in [9.17, 15) is 9.59 Å². The summed E-state index contributed by atoms with van der Waals surface area (Å²) in [6.45, 7) is 8.14. The monoisotopic (exact) mass is 443 g/mol. The van der Waals surface area contributed by atoms with Gasteiger partial charge in [0, 0.05) is 25.6 Å². The average molecular weight is 444 g/mol. The Morgan fingerprint density at radius 1 is 1.28 bits per heavy atom. The molecule has 1 heterocycles. The van der Waals surface area contributed by atoms with Crippen molar-refractivity contribution in [2.45, 2.75) is 58.4 Å². The van der Waals surface area contributed by atoms with Gasteiger partial charge in [0.15, 0.2) is 0 Å². The lowest BCUT2D eigenvalue weighted by molar-refractivity contribution is -0.138. The highest BCUT2D eigenvalue weighted by molar-refractivity contribution is 5.96. The maximum atomic E-state index is 13.3. The van der Waals surface area contributed by atoms with Crippen LogP contribution in [0.5, 0.6) is 0 Å². The number of hydrogen-bond donors (Lipinski definition) is 2. The molecule has 7 nitrogen and oxygen atoms in total. The predicted molar refractivity (Wildman–Crippen MR) is 130 cm³/mol. The van der Waals surface area contributed by atoms with E-state index in [0.717, 1.165) is 37.8 Å². The molecule has 32 heavy (non-hydrogen) atoms. The number of likely N-dealkylation sites (N-methyl/N-ethyl adjacent to an activating group) is 1. The number of nitrogens with zero attached hydrogens (tertiary/aromatic N) is 3. The van der Waals surface area contributed by atoms with E-state index in [1.165, 1.54) is 5.56 Å². The standard InChI is InChI=1S/C25H41N5O2/c1-6-7-8-9-22-17-29(18-24(31)27-14-15-28(4)5)25(32)23(30(22)26)16-20(3)21-12-10-19(2)11-13-21/h10-13,16,20,22H,6-9,14-15,17-18,26H2,1-5H3,(H,27,31)/b23-16-. The number of carbonyl (C=O) groups is 2. The van der Waals surface area contributed by atoms with E-state index >= 15 is 0 Å². The molecule has 1 aliphatic rings. The minimum Gasteiger partial charge on any atom is -0.353 e. The number of hydrogen-bond acceptors (Lipinski definition) is 5. The molecular formula is C25H41N5O2. The fourth-order valence-electron chi connectivity index (χ4n) is 3.90. The molecule has 1 saturated heterocycles. The summed E-state index contributed by atoms with van der Waals surface area (Å²) in [6, 6.07) is 8.32. The van der Waals surface area contributed by atoms with Gasteiger partial charge in [-0.1, -0.05) is 62.9 Å². The smallest absolute Gasteiger partial charge is 0.271 e. The highest BCUT2D eigenvalue weighted by Crippen LogP contribution is 2.25. The van der Waals surface area contributed by atoms with Crippen LogP contribution >= 0.6 is 0 Å². The number of hydrazine groups is 1. The molecule has 1 aromatic rings. The Kier molecular flexibility index (Phi) is 10.2. The molecule has 2 amide bonds. The second-order valence-electron chi connectivity index (χ2n) is 9.15. The number of amides is 2. The van der Waals surface area contributed by atoms with Crippen LogP contribution in [0.2, 0.25) is 0 Å². The summed E-state index contributed by atoms with van der Waals surface area (Å²) in [4.78, 5) is 29.4. The number of nitrogens with two attached hydrogens (primary N) is 1. The van der Waals surface area contributed by atoms with Gasteiger partial charge in [0.25, 0.3) is 5.91 Å². The molecule has 0 bridgehead atoms.